The smallest absolute Gasteiger partial charge is 0.409 e. The maximum Gasteiger partial charge on any atom is 0.409 e. The molecule has 0 unspecified atom stereocenters. The fourth-order valence-corrected chi connectivity index (χ4v) is 3.22. The number of ether oxygens (including phenoxy) is 1. The van der Waals surface area contributed by atoms with Crippen molar-refractivity contribution in [1.82, 2.24) is 4.90 Å². The number of piperidine rings is 1. The van der Waals surface area contributed by atoms with E-state index in [1.165, 1.54) is 4.88 Å². The molecule has 2 heterocycles. The van der Waals surface area contributed by atoms with E-state index in [1.807, 2.05) is 19.1 Å². The molecule has 1 aliphatic rings. The molecule has 1 N–H and O–H groups in total. The van der Waals surface area contributed by atoms with E-state index >= 15 is 0 Å². The topological polar surface area (TPSA) is 49.8 Å². The number of aryl methyl sites for hydroxylation is 1. The molecular weight excluding hydrogens is 250 g/mol. The van der Waals surface area contributed by atoms with Crippen LogP contribution in [0.3, 0.4) is 0 Å². The summed E-state index contributed by atoms with van der Waals surface area (Å²) in [6, 6.07) is 4.01. The van der Waals surface area contributed by atoms with E-state index in [9.17, 15) is 9.90 Å². The van der Waals surface area contributed by atoms with Gasteiger partial charge in [0.2, 0.25) is 0 Å². The van der Waals surface area contributed by atoms with Crippen LogP contribution in [0.5, 0.6) is 0 Å². The first-order valence-corrected chi connectivity index (χ1v) is 7.08. The average molecular weight is 269 g/mol. The summed E-state index contributed by atoms with van der Waals surface area (Å²) in [4.78, 5) is 15.4. The number of carbonyl (C=O) groups excluding carboxylic acids is 1. The molecule has 1 aliphatic heterocycles. The number of nitrogens with zero attached hydrogens (tertiary/aromatic N) is 1. The molecule has 18 heavy (non-hydrogen) atoms. The Kier molecular flexibility index (Phi) is 3.92. The van der Waals surface area contributed by atoms with Gasteiger partial charge in [-0.1, -0.05) is 0 Å². The second-order valence-corrected chi connectivity index (χ2v) is 5.92. The first kappa shape index (κ1) is 13.4. The molecule has 0 bridgehead atoms. The van der Waals surface area contributed by atoms with Crippen molar-refractivity contribution in [2.24, 2.45) is 0 Å². The normalized spacial score (nSPS) is 18.7. The minimum atomic E-state index is -0.776. The number of hydrogen-bond acceptors (Lipinski definition) is 4. The molecule has 100 valence electrons. The zero-order chi connectivity index (χ0) is 13.2. The zero-order valence-electron chi connectivity index (χ0n) is 10.8. The molecule has 1 saturated heterocycles. The highest BCUT2D eigenvalue weighted by Gasteiger charge is 2.36. The third kappa shape index (κ3) is 2.67. The third-order valence-corrected chi connectivity index (χ3v) is 4.51. The third-order valence-electron chi connectivity index (χ3n) is 3.32. The molecule has 0 spiro atoms. The molecule has 5 heteroatoms. The molecule has 0 radical (unpaired) electrons. The summed E-state index contributed by atoms with van der Waals surface area (Å²) >= 11 is 1.63. The molecule has 0 aliphatic carbocycles. The summed E-state index contributed by atoms with van der Waals surface area (Å²) in [5, 5.41) is 10.6. The van der Waals surface area contributed by atoms with Gasteiger partial charge in [-0.05, 0) is 38.8 Å². The van der Waals surface area contributed by atoms with Gasteiger partial charge in [-0.2, -0.15) is 0 Å². The van der Waals surface area contributed by atoms with Crippen molar-refractivity contribution in [3.05, 3.63) is 21.9 Å². The number of hydrogen-bond donors (Lipinski definition) is 1. The Hall–Kier alpha value is -1.07. The van der Waals surface area contributed by atoms with Gasteiger partial charge in [-0.25, -0.2) is 4.79 Å². The number of carbonyl (C=O) groups is 1. The molecule has 0 saturated carbocycles. The van der Waals surface area contributed by atoms with Gasteiger partial charge in [0.25, 0.3) is 0 Å². The summed E-state index contributed by atoms with van der Waals surface area (Å²) in [7, 11) is 0. The Bertz CT molecular complexity index is 422. The van der Waals surface area contributed by atoms with Gasteiger partial charge in [0.1, 0.15) is 5.60 Å². The van der Waals surface area contributed by atoms with Crippen molar-refractivity contribution in [2.75, 3.05) is 19.7 Å². The van der Waals surface area contributed by atoms with E-state index in [0.29, 0.717) is 32.5 Å². The molecule has 0 atom stereocenters. The van der Waals surface area contributed by atoms with Gasteiger partial charge in [0.05, 0.1) is 6.61 Å². The van der Waals surface area contributed by atoms with Crippen LogP contribution >= 0.6 is 11.3 Å². The lowest BCUT2D eigenvalue weighted by Crippen LogP contribution is -2.45. The Balaban J connectivity index is 1.99. The van der Waals surface area contributed by atoms with Gasteiger partial charge in [-0.3, -0.25) is 0 Å². The largest absolute Gasteiger partial charge is 0.450 e. The van der Waals surface area contributed by atoms with E-state index in [-0.39, 0.29) is 6.09 Å². The lowest BCUT2D eigenvalue weighted by atomic mass is 9.90. The summed E-state index contributed by atoms with van der Waals surface area (Å²) < 4.78 is 4.97. The van der Waals surface area contributed by atoms with Gasteiger partial charge in [-0.15, -0.1) is 11.3 Å². The lowest BCUT2D eigenvalue weighted by Gasteiger charge is -2.37. The Labute approximate surface area is 111 Å². The predicted molar refractivity (Wildman–Crippen MR) is 70.8 cm³/mol. The molecule has 1 amide bonds. The number of rotatable bonds is 2. The Morgan fingerprint density at radius 2 is 2.17 bits per heavy atom. The molecule has 1 fully saturated rings. The minimum Gasteiger partial charge on any atom is -0.450 e. The Morgan fingerprint density at radius 1 is 1.50 bits per heavy atom. The number of thiophene rings is 1. The molecular formula is C13H19NO3S. The fourth-order valence-electron chi connectivity index (χ4n) is 2.21. The van der Waals surface area contributed by atoms with Crippen molar-refractivity contribution in [2.45, 2.75) is 32.3 Å². The zero-order valence-corrected chi connectivity index (χ0v) is 11.6. The average Bonchev–Trinajstić information content (AvgIpc) is 2.78. The highest BCUT2D eigenvalue weighted by atomic mass is 32.1. The highest BCUT2D eigenvalue weighted by Crippen LogP contribution is 2.36. The number of likely N-dealkylation sites (tertiary alicyclic amines) is 1. The molecule has 0 aromatic carbocycles. The van der Waals surface area contributed by atoms with E-state index in [4.69, 9.17) is 4.74 Å². The van der Waals surface area contributed by atoms with Crippen LogP contribution < -0.4 is 0 Å². The van der Waals surface area contributed by atoms with Crippen molar-refractivity contribution < 1.29 is 14.6 Å². The highest BCUT2D eigenvalue weighted by molar-refractivity contribution is 7.12. The van der Waals surface area contributed by atoms with Gasteiger partial charge in [0.15, 0.2) is 0 Å². The molecule has 4 nitrogen and oxygen atoms in total. The SMILES string of the molecule is CCOC(=O)N1CCC(O)(c2ccc(C)s2)CC1. The summed E-state index contributed by atoms with van der Waals surface area (Å²) in [5.74, 6) is 0. The second kappa shape index (κ2) is 5.28. The fraction of sp³-hybridized carbons (Fsp3) is 0.615. The lowest BCUT2D eigenvalue weighted by molar-refractivity contribution is -0.0216. The summed E-state index contributed by atoms with van der Waals surface area (Å²) in [6.45, 7) is 5.32. The predicted octanol–water partition coefficient (Wildman–Crippen LogP) is 2.50. The van der Waals surface area contributed by atoms with E-state index < -0.39 is 5.60 Å². The first-order valence-electron chi connectivity index (χ1n) is 6.26. The van der Waals surface area contributed by atoms with Gasteiger partial charge >= 0.3 is 6.09 Å². The van der Waals surface area contributed by atoms with E-state index in [1.54, 1.807) is 23.2 Å². The van der Waals surface area contributed by atoms with Gasteiger partial charge < -0.3 is 14.7 Å². The first-order chi connectivity index (χ1) is 8.55. The van der Waals surface area contributed by atoms with Gasteiger partial charge in [0, 0.05) is 22.8 Å². The maximum absolute atomic E-state index is 11.6. The van der Waals surface area contributed by atoms with Crippen molar-refractivity contribution >= 4 is 17.4 Å². The quantitative estimate of drug-likeness (QED) is 0.897. The maximum atomic E-state index is 11.6. The van der Waals surface area contributed by atoms with Crippen LogP contribution in [0.2, 0.25) is 0 Å². The van der Waals surface area contributed by atoms with Crippen LogP contribution in [0.1, 0.15) is 29.5 Å². The number of amides is 1. The molecule has 2 rings (SSSR count). The van der Waals surface area contributed by atoms with E-state index in [0.717, 1.165) is 4.88 Å². The summed E-state index contributed by atoms with van der Waals surface area (Å²) in [6.07, 6.45) is 0.874. The Morgan fingerprint density at radius 3 is 2.67 bits per heavy atom. The van der Waals surface area contributed by atoms with Crippen LogP contribution in [-0.2, 0) is 10.3 Å². The standard InChI is InChI=1S/C13H19NO3S/c1-3-17-12(15)14-8-6-13(16,7-9-14)11-5-4-10(2)18-11/h4-5,16H,3,6-9H2,1-2H3. The molecule has 1 aromatic rings. The van der Waals surface area contributed by atoms with Crippen LogP contribution in [0.4, 0.5) is 4.79 Å². The monoisotopic (exact) mass is 269 g/mol. The van der Waals surface area contributed by atoms with Crippen molar-refractivity contribution in [1.29, 1.82) is 0 Å². The van der Waals surface area contributed by atoms with Crippen molar-refractivity contribution in [3.8, 4) is 0 Å². The van der Waals surface area contributed by atoms with Crippen LogP contribution in [0.15, 0.2) is 12.1 Å². The number of aliphatic hydroxyl groups is 1. The second-order valence-electron chi connectivity index (χ2n) is 4.63. The van der Waals surface area contributed by atoms with Crippen LogP contribution in [0, 0.1) is 6.92 Å². The van der Waals surface area contributed by atoms with Crippen LogP contribution in [-0.4, -0.2) is 35.8 Å². The minimum absolute atomic E-state index is 0.276. The van der Waals surface area contributed by atoms with Crippen molar-refractivity contribution in [3.63, 3.8) is 0 Å². The summed E-state index contributed by atoms with van der Waals surface area (Å²) in [5.41, 5.74) is -0.776. The van der Waals surface area contributed by atoms with E-state index in [2.05, 4.69) is 0 Å². The van der Waals surface area contributed by atoms with Crippen LogP contribution in [0.25, 0.3) is 0 Å². The molecule has 1 aromatic heterocycles.